The topological polar surface area (TPSA) is 20.2 Å². The molecule has 10 atom stereocenters. The molecule has 2 heteroatoms. The second-order valence-electron chi connectivity index (χ2n) is 12.6. The average molecular weight is 527 g/mol. The van der Waals surface area contributed by atoms with Crippen LogP contribution < -0.4 is 0 Å². The van der Waals surface area contributed by atoms with Crippen molar-refractivity contribution in [2.75, 3.05) is 0 Å². The van der Waals surface area contributed by atoms with Crippen LogP contribution in [0, 0.1) is 46.3 Å². The van der Waals surface area contributed by atoms with Crippen LogP contribution in [0.15, 0.2) is 12.7 Å². The molecule has 5 rings (SSSR count). The van der Waals surface area contributed by atoms with E-state index in [-0.39, 0.29) is 5.60 Å². The van der Waals surface area contributed by atoms with Gasteiger partial charge in [-0.3, -0.25) is 0 Å². The highest BCUT2D eigenvalue weighted by atomic mass is 127. The van der Waals surface area contributed by atoms with Crippen molar-refractivity contribution in [3.05, 3.63) is 12.7 Å². The van der Waals surface area contributed by atoms with Gasteiger partial charge in [-0.2, -0.15) is 0 Å². The molecule has 0 aromatic rings. The van der Waals surface area contributed by atoms with Gasteiger partial charge in [-0.05, 0) is 112 Å². The minimum absolute atomic E-state index is 0.323. The Morgan fingerprint density at radius 2 is 1.47 bits per heavy atom. The largest absolute Gasteiger partial charge is 0.390 e. The standard InChI is InChI=1S/C25H41IO.C3H6/c1-16-7-12-22(3)18(17(16)2)8-13-23(4)19(22)10-15-25(26)20(23)9-14-24(27)11-5-6-21(24)25;1-3-2/h16-21,27H,5-15H2,1-4H3;3H,1H2,2H3. The van der Waals surface area contributed by atoms with Crippen LogP contribution >= 0.6 is 22.6 Å². The first-order valence-electron chi connectivity index (χ1n) is 13.0. The van der Waals surface area contributed by atoms with Crippen molar-refractivity contribution in [1.82, 2.24) is 0 Å². The van der Waals surface area contributed by atoms with E-state index in [4.69, 9.17) is 0 Å². The summed E-state index contributed by atoms with van der Waals surface area (Å²) < 4.78 is 0.364. The molecule has 0 aromatic heterocycles. The Hall–Kier alpha value is 0.430. The van der Waals surface area contributed by atoms with Gasteiger partial charge in [-0.15, -0.1) is 6.58 Å². The predicted octanol–water partition coefficient (Wildman–Crippen LogP) is 8.19. The quantitative estimate of drug-likeness (QED) is 0.192. The molecule has 5 fully saturated rings. The highest BCUT2D eigenvalue weighted by molar-refractivity contribution is 14.1. The minimum Gasteiger partial charge on any atom is -0.390 e. The Kier molecular flexibility index (Phi) is 6.31. The van der Waals surface area contributed by atoms with Crippen molar-refractivity contribution >= 4 is 22.6 Å². The third kappa shape index (κ3) is 3.23. The lowest BCUT2D eigenvalue weighted by Crippen LogP contribution is -2.66. The molecule has 5 saturated carbocycles. The Balaban J connectivity index is 0.000000687. The first-order chi connectivity index (χ1) is 14.1. The molecule has 0 aromatic carbocycles. The number of aliphatic hydroxyl groups is 1. The first-order valence-corrected chi connectivity index (χ1v) is 14.1. The molecule has 1 N–H and O–H groups in total. The smallest absolute Gasteiger partial charge is 0.0688 e. The van der Waals surface area contributed by atoms with E-state index < -0.39 is 0 Å². The van der Waals surface area contributed by atoms with E-state index in [0.29, 0.717) is 20.2 Å². The number of halogens is 1. The molecule has 0 aliphatic heterocycles. The lowest BCUT2D eigenvalue weighted by atomic mass is 9.38. The van der Waals surface area contributed by atoms with Crippen molar-refractivity contribution in [3.63, 3.8) is 0 Å². The molecule has 5 aliphatic rings. The number of rotatable bonds is 0. The van der Waals surface area contributed by atoms with Crippen molar-refractivity contribution in [2.45, 2.75) is 114 Å². The van der Waals surface area contributed by atoms with Crippen LogP contribution in [0.2, 0.25) is 0 Å². The van der Waals surface area contributed by atoms with Gasteiger partial charge in [-0.25, -0.2) is 0 Å². The number of fused-ring (bicyclic) bond motifs is 7. The van der Waals surface area contributed by atoms with Crippen LogP contribution in [0.3, 0.4) is 0 Å². The summed E-state index contributed by atoms with van der Waals surface area (Å²) in [4.78, 5) is 0. The molecule has 0 amide bonds. The van der Waals surface area contributed by atoms with Crippen LogP contribution in [-0.4, -0.2) is 14.1 Å². The van der Waals surface area contributed by atoms with Gasteiger partial charge in [0, 0.05) is 9.34 Å². The Bertz CT molecular complexity index is 661. The summed E-state index contributed by atoms with van der Waals surface area (Å²) in [5, 5.41) is 11.4. The van der Waals surface area contributed by atoms with Gasteiger partial charge in [0.2, 0.25) is 0 Å². The number of allylic oxidation sites excluding steroid dienone is 1. The van der Waals surface area contributed by atoms with E-state index in [9.17, 15) is 5.11 Å². The maximum absolute atomic E-state index is 11.4. The van der Waals surface area contributed by atoms with Gasteiger partial charge in [0.05, 0.1) is 5.60 Å². The van der Waals surface area contributed by atoms with E-state index in [1.54, 1.807) is 6.08 Å². The second-order valence-corrected chi connectivity index (χ2v) is 14.6. The van der Waals surface area contributed by atoms with E-state index in [2.05, 4.69) is 56.9 Å². The third-order valence-corrected chi connectivity index (χ3v) is 13.5. The van der Waals surface area contributed by atoms with Gasteiger partial charge in [-0.1, -0.05) is 62.8 Å². The Morgan fingerprint density at radius 3 is 2.17 bits per heavy atom. The predicted molar refractivity (Wildman–Crippen MR) is 137 cm³/mol. The average Bonchev–Trinajstić information content (AvgIpc) is 3.08. The fourth-order valence-corrected chi connectivity index (χ4v) is 12.2. The maximum atomic E-state index is 11.4. The lowest BCUT2D eigenvalue weighted by Gasteiger charge is -2.69. The van der Waals surface area contributed by atoms with Crippen LogP contribution in [0.5, 0.6) is 0 Å². The highest BCUT2D eigenvalue weighted by Crippen LogP contribution is 2.73. The maximum Gasteiger partial charge on any atom is 0.0688 e. The first kappa shape index (κ1) is 23.6. The normalized spacial score (nSPS) is 57.0. The summed E-state index contributed by atoms with van der Waals surface area (Å²) in [7, 11) is 0. The summed E-state index contributed by atoms with van der Waals surface area (Å²) in [5.74, 6) is 5.10. The highest BCUT2D eigenvalue weighted by Gasteiger charge is 2.68. The van der Waals surface area contributed by atoms with E-state index in [1.807, 2.05) is 6.92 Å². The van der Waals surface area contributed by atoms with Gasteiger partial charge in [0.1, 0.15) is 0 Å². The van der Waals surface area contributed by atoms with Gasteiger partial charge in [0.25, 0.3) is 0 Å². The van der Waals surface area contributed by atoms with Gasteiger partial charge < -0.3 is 5.11 Å². The molecule has 172 valence electrons. The van der Waals surface area contributed by atoms with Crippen LogP contribution in [0.1, 0.15) is 105 Å². The van der Waals surface area contributed by atoms with Crippen molar-refractivity contribution in [3.8, 4) is 0 Å². The molecule has 0 spiro atoms. The number of hydrogen-bond acceptors (Lipinski definition) is 1. The fourth-order valence-electron chi connectivity index (χ4n) is 9.99. The molecular formula is C28H47IO. The summed E-state index contributed by atoms with van der Waals surface area (Å²) in [6.45, 7) is 15.7. The zero-order valence-corrected chi connectivity index (χ0v) is 22.5. The Labute approximate surface area is 200 Å². The molecule has 0 radical (unpaired) electrons. The molecule has 5 aliphatic carbocycles. The van der Waals surface area contributed by atoms with E-state index in [0.717, 1.165) is 42.4 Å². The van der Waals surface area contributed by atoms with Gasteiger partial charge >= 0.3 is 0 Å². The van der Waals surface area contributed by atoms with Crippen molar-refractivity contribution in [2.24, 2.45) is 46.3 Å². The van der Waals surface area contributed by atoms with Gasteiger partial charge in [0.15, 0.2) is 0 Å². The SMILES string of the molecule is C=CC.CC1CCC2(C)C(CCC3(C)C2CCC2(I)C4CCCC4(O)CCC32)C1C. The summed E-state index contributed by atoms with van der Waals surface area (Å²) >= 11 is 2.89. The molecule has 1 nitrogen and oxygen atoms in total. The molecule has 0 heterocycles. The fraction of sp³-hybridized carbons (Fsp3) is 0.929. The molecule has 0 bridgehead atoms. The minimum atomic E-state index is -0.323. The van der Waals surface area contributed by atoms with E-state index >= 15 is 0 Å². The summed E-state index contributed by atoms with van der Waals surface area (Å²) in [6, 6.07) is 0. The summed E-state index contributed by atoms with van der Waals surface area (Å²) in [5.41, 5.74) is 0.756. The number of hydrogen-bond donors (Lipinski definition) is 1. The van der Waals surface area contributed by atoms with Crippen molar-refractivity contribution in [1.29, 1.82) is 0 Å². The molecular weight excluding hydrogens is 479 g/mol. The third-order valence-electron chi connectivity index (χ3n) is 11.5. The molecule has 30 heavy (non-hydrogen) atoms. The molecule has 10 unspecified atom stereocenters. The van der Waals surface area contributed by atoms with Crippen LogP contribution in [0.4, 0.5) is 0 Å². The van der Waals surface area contributed by atoms with Crippen LogP contribution in [-0.2, 0) is 0 Å². The Morgan fingerprint density at radius 1 is 0.833 bits per heavy atom. The zero-order chi connectivity index (χ0) is 21.9. The zero-order valence-electron chi connectivity index (χ0n) is 20.4. The molecule has 0 saturated heterocycles. The number of alkyl halides is 1. The monoisotopic (exact) mass is 526 g/mol. The van der Waals surface area contributed by atoms with Crippen molar-refractivity contribution < 1.29 is 5.11 Å². The lowest BCUT2D eigenvalue weighted by molar-refractivity contribution is -0.185. The van der Waals surface area contributed by atoms with E-state index in [1.165, 1.54) is 57.8 Å². The second kappa shape index (κ2) is 8.03. The summed E-state index contributed by atoms with van der Waals surface area (Å²) in [6.07, 6.45) is 16.4. The van der Waals surface area contributed by atoms with Crippen LogP contribution in [0.25, 0.3) is 0 Å².